The van der Waals surface area contributed by atoms with E-state index in [1.54, 1.807) is 11.8 Å². The maximum absolute atomic E-state index is 12.2. The van der Waals surface area contributed by atoms with Crippen molar-refractivity contribution in [3.63, 3.8) is 0 Å². The van der Waals surface area contributed by atoms with Gasteiger partial charge in [-0.25, -0.2) is 4.79 Å². The van der Waals surface area contributed by atoms with E-state index in [0.717, 1.165) is 12.8 Å². The van der Waals surface area contributed by atoms with Crippen LogP contribution < -0.4 is 0 Å². The van der Waals surface area contributed by atoms with Gasteiger partial charge in [0.05, 0.1) is 12.1 Å². The van der Waals surface area contributed by atoms with Crippen molar-refractivity contribution < 1.29 is 24.5 Å². The molecule has 3 atom stereocenters. The molecule has 20 heavy (non-hydrogen) atoms. The number of aliphatic hydroxyl groups is 2. The summed E-state index contributed by atoms with van der Waals surface area (Å²) in [6.07, 6.45) is -0.639. The van der Waals surface area contributed by atoms with Gasteiger partial charge in [-0.2, -0.15) is 0 Å². The van der Waals surface area contributed by atoms with E-state index in [0.29, 0.717) is 6.54 Å². The monoisotopic (exact) mass is 289 g/mol. The Morgan fingerprint density at radius 1 is 1.35 bits per heavy atom. The lowest BCUT2D eigenvalue weighted by Gasteiger charge is -2.35. The van der Waals surface area contributed by atoms with Gasteiger partial charge in [0.2, 0.25) is 0 Å². The van der Waals surface area contributed by atoms with Crippen LogP contribution in [-0.4, -0.2) is 58.9 Å². The van der Waals surface area contributed by atoms with Crippen molar-refractivity contribution >= 4 is 6.09 Å². The van der Waals surface area contributed by atoms with Crippen LogP contribution in [0.5, 0.6) is 0 Å². The molecule has 1 aliphatic rings. The summed E-state index contributed by atoms with van der Waals surface area (Å²) in [4.78, 5) is 13.8. The van der Waals surface area contributed by atoms with Gasteiger partial charge in [-0.1, -0.05) is 6.92 Å². The summed E-state index contributed by atoms with van der Waals surface area (Å²) in [6.45, 7) is 7.77. The van der Waals surface area contributed by atoms with Crippen LogP contribution in [0.15, 0.2) is 0 Å². The summed E-state index contributed by atoms with van der Waals surface area (Å²) in [5, 5.41) is 18.7. The quantitative estimate of drug-likeness (QED) is 0.764. The largest absolute Gasteiger partial charge is 0.444 e. The molecule has 1 fully saturated rings. The SMILES string of the molecule is CO[C@H]([C@@H](C)C(O)O)[C@@H]1CCCN1C(=O)OC(C)(C)C. The van der Waals surface area contributed by atoms with Gasteiger partial charge in [0, 0.05) is 19.6 Å². The number of hydrogen-bond donors (Lipinski definition) is 2. The van der Waals surface area contributed by atoms with Crippen LogP contribution in [0.2, 0.25) is 0 Å². The topological polar surface area (TPSA) is 79.2 Å². The van der Waals surface area contributed by atoms with Gasteiger partial charge in [0.15, 0.2) is 6.29 Å². The number of amides is 1. The van der Waals surface area contributed by atoms with Crippen molar-refractivity contribution in [3.05, 3.63) is 0 Å². The first kappa shape index (κ1) is 17.2. The Morgan fingerprint density at radius 3 is 2.40 bits per heavy atom. The highest BCUT2D eigenvalue weighted by atomic mass is 16.6. The third-order valence-corrected chi connectivity index (χ3v) is 3.57. The maximum atomic E-state index is 12.2. The van der Waals surface area contributed by atoms with Gasteiger partial charge in [-0.15, -0.1) is 0 Å². The number of carbonyl (C=O) groups is 1. The molecule has 2 N–H and O–H groups in total. The zero-order valence-electron chi connectivity index (χ0n) is 13.0. The molecule has 6 heteroatoms. The summed E-state index contributed by atoms with van der Waals surface area (Å²) in [5.41, 5.74) is -0.547. The number of carbonyl (C=O) groups excluding carboxylic acids is 1. The standard InChI is InChI=1S/C14H27NO5/c1-9(12(16)17)11(19-5)10-7-6-8-15(10)13(18)20-14(2,3)4/h9-12,16-17H,6-8H2,1-5H3/t9-,10+,11-/m1/s1. The van der Waals surface area contributed by atoms with Gasteiger partial charge in [-0.05, 0) is 33.6 Å². The Balaban J connectivity index is 2.79. The van der Waals surface area contributed by atoms with E-state index in [1.165, 1.54) is 7.11 Å². The van der Waals surface area contributed by atoms with Gasteiger partial charge in [0.1, 0.15) is 5.60 Å². The van der Waals surface area contributed by atoms with E-state index in [9.17, 15) is 15.0 Å². The van der Waals surface area contributed by atoms with Crippen LogP contribution in [0.25, 0.3) is 0 Å². The highest BCUT2D eigenvalue weighted by Crippen LogP contribution is 2.28. The molecule has 0 spiro atoms. The van der Waals surface area contributed by atoms with Crippen LogP contribution >= 0.6 is 0 Å². The second-order valence-corrected chi connectivity index (χ2v) is 6.36. The first-order valence-electron chi connectivity index (χ1n) is 7.06. The average Bonchev–Trinajstić information content (AvgIpc) is 2.76. The van der Waals surface area contributed by atoms with E-state index in [1.807, 2.05) is 20.8 Å². The van der Waals surface area contributed by atoms with E-state index >= 15 is 0 Å². The fourth-order valence-electron chi connectivity index (χ4n) is 2.57. The predicted octanol–water partition coefficient (Wildman–Crippen LogP) is 1.35. The highest BCUT2D eigenvalue weighted by Gasteiger charge is 2.40. The van der Waals surface area contributed by atoms with Crippen molar-refractivity contribution in [1.82, 2.24) is 4.90 Å². The Labute approximate surface area is 120 Å². The number of likely N-dealkylation sites (tertiary alicyclic amines) is 1. The minimum absolute atomic E-state index is 0.188. The zero-order chi connectivity index (χ0) is 15.5. The Morgan fingerprint density at radius 2 is 1.95 bits per heavy atom. The lowest BCUT2D eigenvalue weighted by molar-refractivity contribution is -0.132. The molecule has 0 aliphatic carbocycles. The van der Waals surface area contributed by atoms with Crippen LogP contribution in [0.3, 0.4) is 0 Å². The molecule has 1 rings (SSSR count). The number of hydrogen-bond acceptors (Lipinski definition) is 5. The molecule has 118 valence electrons. The molecule has 1 heterocycles. The second-order valence-electron chi connectivity index (χ2n) is 6.36. The van der Waals surface area contributed by atoms with Crippen molar-refractivity contribution in [2.45, 2.75) is 64.6 Å². The molecular weight excluding hydrogens is 262 g/mol. The molecule has 0 saturated carbocycles. The van der Waals surface area contributed by atoms with Gasteiger partial charge in [-0.3, -0.25) is 0 Å². The molecule has 1 aliphatic heterocycles. The summed E-state index contributed by atoms with van der Waals surface area (Å²) in [5.74, 6) is -0.479. The molecule has 6 nitrogen and oxygen atoms in total. The third kappa shape index (κ3) is 4.33. The normalized spacial score (nSPS) is 23.0. The molecule has 0 radical (unpaired) electrons. The molecule has 0 aromatic carbocycles. The summed E-state index contributed by atoms with van der Waals surface area (Å²) in [7, 11) is 1.52. The Kier molecular flexibility index (Phi) is 5.79. The fraction of sp³-hybridized carbons (Fsp3) is 0.929. The van der Waals surface area contributed by atoms with E-state index < -0.39 is 23.9 Å². The van der Waals surface area contributed by atoms with Crippen LogP contribution in [0.4, 0.5) is 4.79 Å². The number of ether oxygens (including phenoxy) is 2. The molecule has 0 unspecified atom stereocenters. The number of rotatable bonds is 4. The lowest BCUT2D eigenvalue weighted by atomic mass is 9.95. The lowest BCUT2D eigenvalue weighted by Crippen LogP contribution is -2.49. The van der Waals surface area contributed by atoms with Crippen LogP contribution in [-0.2, 0) is 9.47 Å². The molecule has 0 aromatic heterocycles. The number of methoxy groups -OCH3 is 1. The van der Waals surface area contributed by atoms with Gasteiger partial charge >= 0.3 is 6.09 Å². The van der Waals surface area contributed by atoms with Gasteiger partial charge in [0.25, 0.3) is 0 Å². The number of aliphatic hydroxyl groups excluding tert-OH is 1. The second kappa shape index (κ2) is 6.74. The average molecular weight is 289 g/mol. The summed E-state index contributed by atoms with van der Waals surface area (Å²) >= 11 is 0. The van der Waals surface area contributed by atoms with Crippen molar-refractivity contribution in [2.75, 3.05) is 13.7 Å². The zero-order valence-corrected chi connectivity index (χ0v) is 13.0. The Hall–Kier alpha value is -0.850. The molecule has 1 saturated heterocycles. The Bertz CT molecular complexity index is 326. The fourth-order valence-corrected chi connectivity index (χ4v) is 2.57. The minimum Gasteiger partial charge on any atom is -0.444 e. The van der Waals surface area contributed by atoms with Crippen LogP contribution in [0, 0.1) is 5.92 Å². The van der Waals surface area contributed by atoms with E-state index in [4.69, 9.17) is 9.47 Å². The summed E-state index contributed by atoms with van der Waals surface area (Å²) in [6, 6.07) is -0.188. The van der Waals surface area contributed by atoms with Gasteiger partial charge < -0.3 is 24.6 Å². The highest BCUT2D eigenvalue weighted by molar-refractivity contribution is 5.69. The maximum Gasteiger partial charge on any atom is 0.410 e. The molecule has 1 amide bonds. The molecule has 0 bridgehead atoms. The summed E-state index contributed by atoms with van der Waals surface area (Å²) < 4.78 is 10.8. The number of nitrogens with zero attached hydrogens (tertiary/aromatic N) is 1. The van der Waals surface area contributed by atoms with E-state index in [-0.39, 0.29) is 12.1 Å². The van der Waals surface area contributed by atoms with Crippen molar-refractivity contribution in [3.8, 4) is 0 Å². The molecular formula is C14H27NO5. The third-order valence-electron chi connectivity index (χ3n) is 3.57. The molecule has 0 aromatic rings. The van der Waals surface area contributed by atoms with E-state index in [2.05, 4.69) is 0 Å². The first-order valence-corrected chi connectivity index (χ1v) is 7.06. The predicted molar refractivity (Wildman–Crippen MR) is 74.1 cm³/mol. The van der Waals surface area contributed by atoms with Crippen LogP contribution in [0.1, 0.15) is 40.5 Å². The minimum atomic E-state index is -1.47. The first-order chi connectivity index (χ1) is 9.17. The van der Waals surface area contributed by atoms with Crippen molar-refractivity contribution in [2.24, 2.45) is 5.92 Å². The van der Waals surface area contributed by atoms with Crippen molar-refractivity contribution in [1.29, 1.82) is 0 Å². The smallest absolute Gasteiger partial charge is 0.410 e.